The summed E-state index contributed by atoms with van der Waals surface area (Å²) in [7, 11) is 0.318. The van der Waals surface area contributed by atoms with Gasteiger partial charge in [0.15, 0.2) is 4.34 Å². The lowest BCUT2D eigenvalue weighted by Gasteiger charge is -2.07. The van der Waals surface area contributed by atoms with E-state index in [1.807, 2.05) is 0 Å². The fraction of sp³-hybridized carbons (Fsp3) is 0.278. The van der Waals surface area contributed by atoms with Crippen LogP contribution in [0.2, 0.25) is 0 Å². The smallest absolute Gasteiger partial charge is 0.316 e. The predicted molar refractivity (Wildman–Crippen MR) is 115 cm³/mol. The summed E-state index contributed by atoms with van der Waals surface area (Å²) in [6.07, 6.45) is 0. The molecule has 12 heteroatoms. The Hall–Kier alpha value is -2.41. The second kappa shape index (κ2) is 8.76. The topological polar surface area (TPSA) is 119 Å². The van der Waals surface area contributed by atoms with Gasteiger partial charge in [-0.15, -0.1) is 11.3 Å². The number of benzene rings is 1. The quantitative estimate of drug-likeness (QED) is 0.414. The van der Waals surface area contributed by atoms with E-state index in [2.05, 4.69) is 15.0 Å². The molecule has 3 aromatic rings. The number of aryl methyl sites for hydroxylation is 1. The molecule has 0 unspecified atom stereocenters. The van der Waals surface area contributed by atoms with E-state index < -0.39 is 15.9 Å². The zero-order chi connectivity index (χ0) is 22.1. The highest BCUT2D eigenvalue weighted by Gasteiger charge is 2.25. The third-order valence-electron chi connectivity index (χ3n) is 4.04. The summed E-state index contributed by atoms with van der Waals surface area (Å²) in [6.45, 7) is 1.53. The van der Waals surface area contributed by atoms with Crippen LogP contribution in [0.5, 0.6) is 0 Å². The molecule has 160 valence electrons. The molecule has 1 N–H and O–H groups in total. The first-order valence-electron chi connectivity index (χ1n) is 8.56. The Bertz CT molecular complexity index is 1210. The maximum absolute atomic E-state index is 12.6. The van der Waals surface area contributed by atoms with E-state index in [1.165, 1.54) is 57.3 Å². The van der Waals surface area contributed by atoms with Gasteiger partial charge in [0.05, 0.1) is 28.6 Å². The van der Waals surface area contributed by atoms with E-state index in [4.69, 9.17) is 4.42 Å². The number of amides is 1. The van der Waals surface area contributed by atoms with Crippen molar-refractivity contribution in [2.24, 2.45) is 0 Å². The molecule has 0 aliphatic carbocycles. The molecule has 2 aromatic heterocycles. The molecule has 0 spiro atoms. The highest BCUT2D eigenvalue weighted by Crippen LogP contribution is 2.31. The molecule has 0 aliphatic heterocycles. The van der Waals surface area contributed by atoms with Crippen molar-refractivity contribution in [3.8, 4) is 0 Å². The number of rotatable bonds is 7. The van der Waals surface area contributed by atoms with E-state index in [1.54, 1.807) is 18.2 Å². The number of sulfonamides is 1. The molecule has 30 heavy (non-hydrogen) atoms. The van der Waals surface area contributed by atoms with Gasteiger partial charge >= 0.3 is 5.97 Å². The van der Waals surface area contributed by atoms with Crippen molar-refractivity contribution < 1.29 is 27.2 Å². The lowest BCUT2D eigenvalue weighted by Crippen LogP contribution is -2.21. The van der Waals surface area contributed by atoms with Crippen LogP contribution in [0.15, 0.2) is 38.1 Å². The second-order valence-electron chi connectivity index (χ2n) is 6.30. The van der Waals surface area contributed by atoms with Crippen molar-refractivity contribution >= 4 is 60.9 Å². The normalized spacial score (nSPS) is 11.8. The minimum atomic E-state index is -3.78. The molecule has 3 rings (SSSR count). The monoisotopic (exact) mass is 469 g/mol. The van der Waals surface area contributed by atoms with Gasteiger partial charge in [0.2, 0.25) is 5.09 Å². The van der Waals surface area contributed by atoms with Crippen LogP contribution < -0.4 is 5.32 Å². The lowest BCUT2D eigenvalue weighted by atomic mass is 10.2. The molecule has 1 amide bonds. The third kappa shape index (κ3) is 4.67. The van der Waals surface area contributed by atoms with Crippen LogP contribution >= 0.6 is 23.1 Å². The van der Waals surface area contributed by atoms with Gasteiger partial charge in [0.25, 0.3) is 15.9 Å². The van der Waals surface area contributed by atoms with Crippen molar-refractivity contribution in [3.63, 3.8) is 0 Å². The van der Waals surface area contributed by atoms with E-state index in [-0.39, 0.29) is 28.1 Å². The van der Waals surface area contributed by atoms with Crippen molar-refractivity contribution in [2.45, 2.75) is 16.4 Å². The van der Waals surface area contributed by atoms with Crippen LogP contribution in [0.25, 0.3) is 10.2 Å². The largest absolute Gasteiger partial charge is 0.468 e. The number of aromatic nitrogens is 1. The second-order valence-corrected chi connectivity index (χ2v) is 10.6. The molecule has 0 saturated carbocycles. The number of esters is 1. The SMILES string of the molecule is COC(=O)CSc1nc2ccc(NC(=O)c3cc(S(=O)(=O)N(C)C)oc3C)cc2s1. The Balaban J connectivity index is 1.78. The summed E-state index contributed by atoms with van der Waals surface area (Å²) in [6, 6.07) is 6.43. The molecule has 0 fully saturated rings. The van der Waals surface area contributed by atoms with Gasteiger partial charge in [-0.05, 0) is 25.1 Å². The van der Waals surface area contributed by atoms with E-state index in [0.29, 0.717) is 10.0 Å². The number of methoxy groups -OCH3 is 1. The fourth-order valence-electron chi connectivity index (χ4n) is 2.41. The summed E-state index contributed by atoms with van der Waals surface area (Å²) in [5.41, 5.74) is 1.40. The average molecular weight is 470 g/mol. The third-order valence-corrected chi connectivity index (χ3v) is 7.85. The minimum absolute atomic E-state index is 0.133. The lowest BCUT2D eigenvalue weighted by molar-refractivity contribution is -0.137. The zero-order valence-electron chi connectivity index (χ0n) is 16.6. The molecule has 0 saturated heterocycles. The molecule has 2 heterocycles. The number of nitrogens with zero attached hydrogens (tertiary/aromatic N) is 2. The highest BCUT2D eigenvalue weighted by molar-refractivity contribution is 8.01. The molecule has 0 atom stereocenters. The Morgan fingerprint density at radius 1 is 1.30 bits per heavy atom. The summed E-state index contributed by atoms with van der Waals surface area (Å²) < 4.78 is 36.9. The van der Waals surface area contributed by atoms with E-state index in [0.717, 1.165) is 14.5 Å². The van der Waals surface area contributed by atoms with Crippen molar-refractivity contribution in [1.29, 1.82) is 0 Å². The molecule has 1 aromatic carbocycles. The molecule has 9 nitrogen and oxygen atoms in total. The Morgan fingerprint density at radius 3 is 2.70 bits per heavy atom. The Kier molecular flexibility index (Phi) is 6.50. The Morgan fingerprint density at radius 2 is 2.03 bits per heavy atom. The van der Waals surface area contributed by atoms with Crippen molar-refractivity contribution in [2.75, 3.05) is 32.3 Å². The molecule has 0 aliphatic rings. The van der Waals surface area contributed by atoms with Gasteiger partial charge in [0.1, 0.15) is 5.76 Å². The average Bonchev–Trinajstić information content (AvgIpc) is 3.28. The zero-order valence-corrected chi connectivity index (χ0v) is 19.0. The van der Waals surface area contributed by atoms with Gasteiger partial charge in [-0.3, -0.25) is 9.59 Å². The van der Waals surface area contributed by atoms with Crippen LogP contribution in [0.4, 0.5) is 5.69 Å². The van der Waals surface area contributed by atoms with Crippen molar-refractivity contribution in [3.05, 3.63) is 35.6 Å². The maximum atomic E-state index is 12.6. The molecule has 0 bridgehead atoms. The van der Waals surface area contributed by atoms with Gasteiger partial charge in [-0.2, -0.15) is 0 Å². The van der Waals surface area contributed by atoms with Crippen LogP contribution in [-0.4, -0.2) is 56.5 Å². The summed E-state index contributed by atoms with van der Waals surface area (Å²) in [5, 5.41) is 2.45. The first kappa shape index (κ1) is 22.3. The summed E-state index contributed by atoms with van der Waals surface area (Å²) in [5.74, 6) is -0.454. The highest BCUT2D eigenvalue weighted by atomic mass is 32.2. The van der Waals surface area contributed by atoms with Gasteiger partial charge in [-0.25, -0.2) is 17.7 Å². The number of furan rings is 1. The summed E-state index contributed by atoms with van der Waals surface area (Å²) in [4.78, 5) is 28.4. The number of fused-ring (bicyclic) bond motifs is 1. The van der Waals surface area contributed by atoms with Crippen LogP contribution in [0.1, 0.15) is 16.1 Å². The fourth-order valence-corrected chi connectivity index (χ4v) is 5.21. The number of ether oxygens (including phenoxy) is 1. The number of anilines is 1. The van der Waals surface area contributed by atoms with Gasteiger partial charge < -0.3 is 14.5 Å². The first-order valence-corrected chi connectivity index (χ1v) is 11.8. The van der Waals surface area contributed by atoms with E-state index >= 15 is 0 Å². The van der Waals surface area contributed by atoms with Gasteiger partial charge in [-0.1, -0.05) is 11.8 Å². The number of carbonyl (C=O) groups is 2. The maximum Gasteiger partial charge on any atom is 0.316 e. The van der Waals surface area contributed by atoms with Crippen LogP contribution in [-0.2, 0) is 19.6 Å². The first-order chi connectivity index (χ1) is 14.1. The van der Waals surface area contributed by atoms with Crippen LogP contribution in [0, 0.1) is 6.92 Å². The number of thioether (sulfide) groups is 1. The van der Waals surface area contributed by atoms with Crippen molar-refractivity contribution in [1.82, 2.24) is 9.29 Å². The number of nitrogens with one attached hydrogen (secondary N) is 1. The molecule has 0 radical (unpaired) electrons. The van der Waals surface area contributed by atoms with Crippen LogP contribution in [0.3, 0.4) is 0 Å². The minimum Gasteiger partial charge on any atom is -0.468 e. The Labute approximate surface area is 181 Å². The number of carbonyl (C=O) groups excluding carboxylic acids is 2. The number of hydrogen-bond acceptors (Lipinski definition) is 9. The molecular weight excluding hydrogens is 450 g/mol. The molecular formula is C18H19N3O6S3. The number of thiazole rings is 1. The predicted octanol–water partition coefficient (Wildman–Crippen LogP) is 2.97. The van der Waals surface area contributed by atoms with Gasteiger partial charge in [0, 0.05) is 25.8 Å². The summed E-state index contributed by atoms with van der Waals surface area (Å²) >= 11 is 2.67. The number of hydrogen-bond donors (Lipinski definition) is 1. The standard InChI is InChI=1S/C18H19N3O6S3/c1-10-12(8-16(27-10)30(24,25)21(2)3)17(23)19-11-5-6-13-14(7-11)29-18(20-13)28-9-15(22)26-4/h5-8H,9H2,1-4H3,(H,19,23). The van der Waals surface area contributed by atoms with E-state index in [9.17, 15) is 18.0 Å².